The summed E-state index contributed by atoms with van der Waals surface area (Å²) in [6, 6.07) is 1.71. The summed E-state index contributed by atoms with van der Waals surface area (Å²) in [7, 11) is 0. The molecular weight excluding hydrogens is 220 g/mol. The lowest BCUT2D eigenvalue weighted by molar-refractivity contribution is 0.0480. The fourth-order valence-corrected chi connectivity index (χ4v) is 4.60. The van der Waals surface area contributed by atoms with Crippen LogP contribution in [-0.2, 0) is 0 Å². The van der Waals surface area contributed by atoms with Crippen LogP contribution in [-0.4, -0.2) is 36.6 Å². The number of likely N-dealkylation sites (tertiary alicyclic amines) is 1. The van der Waals surface area contributed by atoms with Crippen molar-refractivity contribution < 1.29 is 0 Å². The first kappa shape index (κ1) is 12.9. The minimum atomic E-state index is 0.773. The van der Waals surface area contributed by atoms with Gasteiger partial charge in [-0.2, -0.15) is 0 Å². The Morgan fingerprint density at radius 3 is 2.78 bits per heavy atom. The third-order valence-electron chi connectivity index (χ3n) is 5.57. The van der Waals surface area contributed by atoms with E-state index in [-0.39, 0.29) is 0 Å². The molecule has 0 spiro atoms. The summed E-state index contributed by atoms with van der Waals surface area (Å²) in [4.78, 5) is 2.85. The third kappa shape index (κ3) is 2.91. The van der Waals surface area contributed by atoms with E-state index < -0.39 is 0 Å². The predicted molar refractivity (Wildman–Crippen MR) is 76.7 cm³/mol. The van der Waals surface area contributed by atoms with Crippen LogP contribution in [0.1, 0.15) is 58.3 Å². The molecule has 2 unspecified atom stereocenters. The van der Waals surface area contributed by atoms with Crippen LogP contribution in [0, 0.1) is 11.8 Å². The van der Waals surface area contributed by atoms with Gasteiger partial charge in [-0.1, -0.05) is 19.8 Å². The zero-order valence-corrected chi connectivity index (χ0v) is 12.0. The Hall–Kier alpha value is -0.0800. The molecule has 2 nitrogen and oxygen atoms in total. The first-order valence-corrected chi connectivity index (χ1v) is 8.30. The number of hydrogen-bond donors (Lipinski definition) is 1. The maximum atomic E-state index is 3.75. The van der Waals surface area contributed by atoms with E-state index >= 15 is 0 Å². The Labute approximate surface area is 113 Å². The lowest BCUT2D eigenvalue weighted by Gasteiger charge is -2.46. The van der Waals surface area contributed by atoms with Crippen molar-refractivity contribution in [2.75, 3.05) is 19.6 Å². The highest BCUT2D eigenvalue weighted by atomic mass is 15.2. The fraction of sp³-hybridized carbons (Fsp3) is 1.00. The van der Waals surface area contributed by atoms with E-state index in [2.05, 4.69) is 17.1 Å². The maximum absolute atomic E-state index is 3.75. The van der Waals surface area contributed by atoms with Gasteiger partial charge in [0.25, 0.3) is 0 Å². The van der Waals surface area contributed by atoms with Gasteiger partial charge < -0.3 is 5.32 Å². The number of nitrogens with zero attached hydrogens (tertiary/aromatic N) is 1. The van der Waals surface area contributed by atoms with Crippen LogP contribution in [0.15, 0.2) is 0 Å². The molecule has 1 saturated carbocycles. The molecule has 104 valence electrons. The van der Waals surface area contributed by atoms with Gasteiger partial charge in [-0.25, -0.2) is 0 Å². The van der Waals surface area contributed by atoms with Crippen molar-refractivity contribution in [3.05, 3.63) is 0 Å². The molecule has 0 radical (unpaired) electrons. The molecule has 3 aliphatic rings. The van der Waals surface area contributed by atoms with Crippen molar-refractivity contribution in [3.63, 3.8) is 0 Å². The molecule has 3 fully saturated rings. The molecule has 2 saturated heterocycles. The summed E-state index contributed by atoms with van der Waals surface area (Å²) in [5, 5.41) is 3.75. The van der Waals surface area contributed by atoms with E-state index in [0.717, 1.165) is 23.9 Å². The van der Waals surface area contributed by atoms with Crippen molar-refractivity contribution in [1.82, 2.24) is 10.2 Å². The Morgan fingerprint density at radius 2 is 1.89 bits per heavy atom. The Balaban J connectivity index is 1.57. The zero-order chi connectivity index (χ0) is 12.4. The number of nitrogens with one attached hydrogen (secondary N) is 1. The molecule has 0 aromatic rings. The second-order valence-corrected chi connectivity index (χ2v) is 7.03. The van der Waals surface area contributed by atoms with Gasteiger partial charge in [-0.3, -0.25) is 4.90 Å². The summed E-state index contributed by atoms with van der Waals surface area (Å²) in [5.41, 5.74) is 0. The van der Waals surface area contributed by atoms with Crippen molar-refractivity contribution >= 4 is 0 Å². The van der Waals surface area contributed by atoms with Crippen LogP contribution in [0.5, 0.6) is 0 Å². The topological polar surface area (TPSA) is 15.3 Å². The van der Waals surface area contributed by atoms with Gasteiger partial charge in [-0.15, -0.1) is 0 Å². The SMILES string of the molecule is CC1CCNC(CN2CCC[C@H]3CCCC[C@H]32)C1. The van der Waals surface area contributed by atoms with E-state index in [4.69, 9.17) is 0 Å². The van der Waals surface area contributed by atoms with Crippen molar-refractivity contribution in [3.8, 4) is 0 Å². The largest absolute Gasteiger partial charge is 0.313 e. The average molecular weight is 250 g/mol. The Bertz CT molecular complexity index is 264. The molecule has 4 atom stereocenters. The van der Waals surface area contributed by atoms with E-state index in [9.17, 15) is 0 Å². The van der Waals surface area contributed by atoms with Gasteiger partial charge in [-0.05, 0) is 63.5 Å². The molecule has 1 N–H and O–H groups in total. The van der Waals surface area contributed by atoms with Gasteiger partial charge in [0.05, 0.1) is 0 Å². The first-order valence-electron chi connectivity index (χ1n) is 8.30. The predicted octanol–water partition coefficient (Wildman–Crippen LogP) is 3.03. The van der Waals surface area contributed by atoms with E-state index in [0.29, 0.717) is 0 Å². The summed E-state index contributed by atoms with van der Waals surface area (Å²) in [5.74, 6) is 1.97. The lowest BCUT2D eigenvalue weighted by atomic mass is 9.78. The van der Waals surface area contributed by atoms with E-state index in [1.165, 1.54) is 71.0 Å². The van der Waals surface area contributed by atoms with Gasteiger partial charge in [0, 0.05) is 18.6 Å². The maximum Gasteiger partial charge on any atom is 0.0197 e. The Kier molecular flexibility index (Phi) is 4.25. The van der Waals surface area contributed by atoms with Crippen LogP contribution >= 0.6 is 0 Å². The molecule has 3 rings (SSSR count). The van der Waals surface area contributed by atoms with Gasteiger partial charge in [0.2, 0.25) is 0 Å². The highest BCUT2D eigenvalue weighted by molar-refractivity contribution is 4.90. The van der Waals surface area contributed by atoms with E-state index in [1.807, 2.05) is 0 Å². The van der Waals surface area contributed by atoms with Crippen molar-refractivity contribution in [2.24, 2.45) is 11.8 Å². The van der Waals surface area contributed by atoms with Gasteiger partial charge in [0.15, 0.2) is 0 Å². The number of rotatable bonds is 2. The number of fused-ring (bicyclic) bond motifs is 1. The molecule has 0 bridgehead atoms. The lowest BCUT2D eigenvalue weighted by Crippen LogP contribution is -2.53. The van der Waals surface area contributed by atoms with Crippen molar-refractivity contribution in [1.29, 1.82) is 0 Å². The second-order valence-electron chi connectivity index (χ2n) is 7.03. The average Bonchev–Trinajstić information content (AvgIpc) is 2.39. The van der Waals surface area contributed by atoms with Crippen LogP contribution in [0.4, 0.5) is 0 Å². The van der Waals surface area contributed by atoms with Crippen molar-refractivity contribution in [2.45, 2.75) is 70.4 Å². The molecule has 0 aromatic carbocycles. The monoisotopic (exact) mass is 250 g/mol. The fourth-order valence-electron chi connectivity index (χ4n) is 4.60. The minimum absolute atomic E-state index is 0.773. The number of hydrogen-bond acceptors (Lipinski definition) is 2. The summed E-state index contributed by atoms with van der Waals surface area (Å²) >= 11 is 0. The molecule has 2 aliphatic heterocycles. The van der Waals surface area contributed by atoms with Crippen LogP contribution in [0.3, 0.4) is 0 Å². The molecule has 18 heavy (non-hydrogen) atoms. The van der Waals surface area contributed by atoms with Crippen LogP contribution in [0.2, 0.25) is 0 Å². The quantitative estimate of drug-likeness (QED) is 0.810. The minimum Gasteiger partial charge on any atom is -0.313 e. The summed E-state index contributed by atoms with van der Waals surface area (Å²) in [6.45, 7) is 6.36. The molecule has 1 aliphatic carbocycles. The summed E-state index contributed by atoms with van der Waals surface area (Å²) < 4.78 is 0. The highest BCUT2D eigenvalue weighted by Crippen LogP contribution is 2.35. The molecule has 2 heterocycles. The standard InChI is InChI=1S/C16H30N2/c1-13-8-9-17-15(11-13)12-18-10-4-6-14-5-2-3-7-16(14)18/h13-17H,2-12H2,1H3/t13?,14-,15?,16-/m1/s1. The second kappa shape index (κ2) is 5.92. The van der Waals surface area contributed by atoms with Crippen LogP contribution < -0.4 is 5.32 Å². The first-order chi connectivity index (χ1) is 8.83. The molecule has 0 amide bonds. The molecule has 2 heteroatoms. The third-order valence-corrected chi connectivity index (χ3v) is 5.57. The highest BCUT2D eigenvalue weighted by Gasteiger charge is 2.34. The zero-order valence-electron chi connectivity index (χ0n) is 12.0. The molecule has 0 aromatic heterocycles. The van der Waals surface area contributed by atoms with Gasteiger partial charge >= 0.3 is 0 Å². The Morgan fingerprint density at radius 1 is 1.06 bits per heavy atom. The normalized spacial score (nSPS) is 42.5. The van der Waals surface area contributed by atoms with Crippen LogP contribution in [0.25, 0.3) is 0 Å². The number of piperidine rings is 2. The summed E-state index contributed by atoms with van der Waals surface area (Å²) in [6.07, 6.45) is 11.7. The van der Waals surface area contributed by atoms with Gasteiger partial charge in [0.1, 0.15) is 0 Å². The van der Waals surface area contributed by atoms with E-state index in [1.54, 1.807) is 0 Å². The molecular formula is C16H30N2. The smallest absolute Gasteiger partial charge is 0.0197 e.